The van der Waals surface area contributed by atoms with E-state index in [4.69, 9.17) is 0 Å². The van der Waals surface area contributed by atoms with Gasteiger partial charge in [0, 0.05) is 30.2 Å². The third-order valence-electron chi connectivity index (χ3n) is 4.76. The van der Waals surface area contributed by atoms with E-state index in [1.807, 2.05) is 6.07 Å². The Morgan fingerprint density at radius 2 is 1.71 bits per heavy atom. The monoisotopic (exact) mass is 465 g/mol. The zero-order chi connectivity index (χ0) is 20.0. The number of carbonyl (C=O) groups is 1. The third-order valence-corrected chi connectivity index (χ3v) is 7.14. The first-order valence-electron chi connectivity index (χ1n) is 9.46. The highest BCUT2D eigenvalue weighted by molar-refractivity contribution is 9.10. The van der Waals surface area contributed by atoms with Crippen molar-refractivity contribution in [3.63, 3.8) is 0 Å². The number of halogens is 1. The van der Waals surface area contributed by atoms with E-state index in [1.54, 1.807) is 40.8 Å². The van der Waals surface area contributed by atoms with E-state index in [2.05, 4.69) is 26.2 Å². The van der Waals surface area contributed by atoms with Crippen LogP contribution in [-0.4, -0.2) is 36.7 Å². The first-order valence-corrected chi connectivity index (χ1v) is 11.7. The number of hydrogen-bond donors (Lipinski definition) is 1. The van der Waals surface area contributed by atoms with Crippen molar-refractivity contribution in [1.82, 2.24) is 9.29 Å². The molecule has 1 aliphatic rings. The minimum atomic E-state index is -3.44. The lowest BCUT2D eigenvalue weighted by molar-refractivity contribution is -0.116. The number of aryl methyl sites for hydroxylation is 1. The molecule has 2 heterocycles. The normalized spacial score (nSPS) is 15.8. The highest BCUT2D eigenvalue weighted by Crippen LogP contribution is 2.21. The molecule has 3 rings (SSSR count). The molecule has 1 saturated heterocycles. The molecule has 0 atom stereocenters. The molecule has 0 spiro atoms. The Hall–Kier alpha value is -1.77. The highest BCUT2D eigenvalue weighted by Gasteiger charge is 2.24. The van der Waals surface area contributed by atoms with Gasteiger partial charge in [-0.25, -0.2) is 13.4 Å². The molecule has 1 amide bonds. The molecule has 1 aromatic carbocycles. The number of nitrogens with zero attached hydrogens (tertiary/aromatic N) is 2. The van der Waals surface area contributed by atoms with Crippen molar-refractivity contribution in [1.29, 1.82) is 0 Å². The maximum atomic E-state index is 12.8. The maximum Gasteiger partial charge on any atom is 0.243 e. The Morgan fingerprint density at radius 3 is 2.32 bits per heavy atom. The van der Waals surface area contributed by atoms with Gasteiger partial charge in [-0.05, 0) is 65.0 Å². The number of rotatable bonds is 6. The predicted molar refractivity (Wildman–Crippen MR) is 113 cm³/mol. The summed E-state index contributed by atoms with van der Waals surface area (Å²) in [6.45, 7) is 1.18. The molecule has 0 unspecified atom stereocenters. The molecular formula is C20H24BrN3O3S. The molecule has 0 radical (unpaired) electrons. The van der Waals surface area contributed by atoms with Crippen molar-refractivity contribution in [2.45, 2.75) is 43.4 Å². The molecular weight excluding hydrogens is 442 g/mol. The lowest BCUT2D eigenvalue weighted by Gasteiger charge is -2.20. The van der Waals surface area contributed by atoms with Gasteiger partial charge in [-0.2, -0.15) is 4.31 Å². The minimum Gasteiger partial charge on any atom is -0.311 e. The van der Waals surface area contributed by atoms with Crippen LogP contribution in [-0.2, 0) is 21.2 Å². The van der Waals surface area contributed by atoms with E-state index in [1.165, 1.54) is 0 Å². The first-order chi connectivity index (χ1) is 13.4. The van der Waals surface area contributed by atoms with Gasteiger partial charge in [0.25, 0.3) is 0 Å². The number of pyridine rings is 1. The second kappa shape index (κ2) is 9.62. The van der Waals surface area contributed by atoms with Crippen molar-refractivity contribution in [3.05, 3.63) is 52.6 Å². The van der Waals surface area contributed by atoms with Crippen LogP contribution in [0.2, 0.25) is 0 Å². The summed E-state index contributed by atoms with van der Waals surface area (Å²) in [5, 5.41) is 2.75. The predicted octanol–water partition coefficient (Wildman–Crippen LogP) is 3.98. The topological polar surface area (TPSA) is 79.4 Å². The van der Waals surface area contributed by atoms with Gasteiger partial charge in [0.05, 0.1) is 4.90 Å². The molecule has 0 aliphatic carbocycles. The number of benzene rings is 1. The number of hydrogen-bond acceptors (Lipinski definition) is 4. The standard InChI is InChI=1S/C20H24BrN3O3S/c21-17-8-11-19(22-15-17)23-20(25)12-7-16-5-9-18(10-6-16)28(26,27)24-13-3-1-2-4-14-24/h5-6,8-11,15H,1-4,7,12-14H2,(H,22,23,25). The number of carbonyl (C=O) groups excluding carboxylic acids is 1. The summed E-state index contributed by atoms with van der Waals surface area (Å²) in [4.78, 5) is 16.5. The fourth-order valence-corrected chi connectivity index (χ4v) is 4.92. The Balaban J connectivity index is 1.56. The molecule has 6 nitrogen and oxygen atoms in total. The van der Waals surface area contributed by atoms with E-state index in [0.717, 1.165) is 35.7 Å². The molecule has 1 N–H and O–H groups in total. The van der Waals surface area contributed by atoms with Gasteiger partial charge in [0.1, 0.15) is 5.82 Å². The van der Waals surface area contributed by atoms with Gasteiger partial charge in [-0.3, -0.25) is 4.79 Å². The lowest BCUT2D eigenvalue weighted by atomic mass is 10.1. The number of anilines is 1. The number of nitrogens with one attached hydrogen (secondary N) is 1. The van der Waals surface area contributed by atoms with Crippen molar-refractivity contribution in [3.8, 4) is 0 Å². The zero-order valence-electron chi connectivity index (χ0n) is 15.6. The Kier molecular flexibility index (Phi) is 7.20. The van der Waals surface area contributed by atoms with Gasteiger partial charge >= 0.3 is 0 Å². The maximum absolute atomic E-state index is 12.8. The van der Waals surface area contributed by atoms with Crippen LogP contribution in [0, 0.1) is 0 Å². The number of aromatic nitrogens is 1. The second-order valence-electron chi connectivity index (χ2n) is 6.87. The van der Waals surface area contributed by atoms with Gasteiger partial charge in [-0.15, -0.1) is 0 Å². The highest BCUT2D eigenvalue weighted by atomic mass is 79.9. The van der Waals surface area contributed by atoms with Crippen LogP contribution < -0.4 is 5.32 Å². The van der Waals surface area contributed by atoms with Crippen LogP contribution in [0.1, 0.15) is 37.7 Å². The van der Waals surface area contributed by atoms with Crippen LogP contribution in [0.25, 0.3) is 0 Å². The fraction of sp³-hybridized carbons (Fsp3) is 0.400. The van der Waals surface area contributed by atoms with Crippen LogP contribution >= 0.6 is 15.9 Å². The van der Waals surface area contributed by atoms with Crippen LogP contribution in [0.3, 0.4) is 0 Å². The molecule has 150 valence electrons. The Morgan fingerprint density at radius 1 is 1.04 bits per heavy atom. The van der Waals surface area contributed by atoms with E-state index < -0.39 is 10.0 Å². The molecule has 2 aromatic rings. The van der Waals surface area contributed by atoms with Crippen molar-refractivity contribution >= 4 is 37.7 Å². The smallest absolute Gasteiger partial charge is 0.243 e. The molecule has 1 fully saturated rings. The number of amides is 1. The van der Waals surface area contributed by atoms with Crippen molar-refractivity contribution < 1.29 is 13.2 Å². The Labute approximate surface area is 174 Å². The average Bonchev–Trinajstić information content (AvgIpc) is 2.99. The summed E-state index contributed by atoms with van der Waals surface area (Å²) in [5.41, 5.74) is 0.925. The van der Waals surface area contributed by atoms with E-state index in [0.29, 0.717) is 36.6 Å². The third kappa shape index (κ3) is 5.62. The minimum absolute atomic E-state index is 0.129. The fourth-order valence-electron chi connectivity index (χ4n) is 3.17. The second-order valence-corrected chi connectivity index (χ2v) is 9.73. The summed E-state index contributed by atoms with van der Waals surface area (Å²) in [6.07, 6.45) is 6.46. The van der Waals surface area contributed by atoms with Gasteiger partial charge in [-0.1, -0.05) is 25.0 Å². The summed E-state index contributed by atoms with van der Waals surface area (Å²) in [5.74, 6) is 0.378. The van der Waals surface area contributed by atoms with Crippen LogP contribution in [0.5, 0.6) is 0 Å². The SMILES string of the molecule is O=C(CCc1ccc(S(=O)(=O)N2CCCCCC2)cc1)Nc1ccc(Br)cn1. The zero-order valence-corrected chi connectivity index (χ0v) is 18.0. The van der Waals surface area contributed by atoms with E-state index >= 15 is 0 Å². The summed E-state index contributed by atoms with van der Waals surface area (Å²) in [7, 11) is -3.44. The molecule has 8 heteroatoms. The van der Waals surface area contributed by atoms with Crippen LogP contribution in [0.15, 0.2) is 52.0 Å². The molecule has 1 aliphatic heterocycles. The average molecular weight is 466 g/mol. The summed E-state index contributed by atoms with van der Waals surface area (Å²) in [6, 6.07) is 10.4. The molecule has 0 bridgehead atoms. The van der Waals surface area contributed by atoms with Crippen molar-refractivity contribution in [2.75, 3.05) is 18.4 Å². The van der Waals surface area contributed by atoms with Crippen molar-refractivity contribution in [2.24, 2.45) is 0 Å². The Bertz CT molecular complexity index is 891. The number of sulfonamides is 1. The molecule has 28 heavy (non-hydrogen) atoms. The van der Waals surface area contributed by atoms with E-state index in [9.17, 15) is 13.2 Å². The molecule has 1 aromatic heterocycles. The van der Waals surface area contributed by atoms with Crippen LogP contribution in [0.4, 0.5) is 5.82 Å². The largest absolute Gasteiger partial charge is 0.311 e. The van der Waals surface area contributed by atoms with E-state index in [-0.39, 0.29) is 5.91 Å². The van der Waals surface area contributed by atoms with Gasteiger partial charge in [0.15, 0.2) is 0 Å². The quantitative estimate of drug-likeness (QED) is 0.699. The van der Waals surface area contributed by atoms with Gasteiger partial charge < -0.3 is 5.32 Å². The summed E-state index contributed by atoms with van der Waals surface area (Å²) >= 11 is 3.30. The lowest BCUT2D eigenvalue weighted by Crippen LogP contribution is -2.31. The molecule has 0 saturated carbocycles. The van der Waals surface area contributed by atoms with Gasteiger partial charge in [0.2, 0.25) is 15.9 Å². The first kappa shape index (κ1) is 21.0. The summed E-state index contributed by atoms with van der Waals surface area (Å²) < 4.78 is 28.0.